The van der Waals surface area contributed by atoms with Crippen molar-refractivity contribution in [1.29, 1.82) is 0 Å². The van der Waals surface area contributed by atoms with Crippen molar-refractivity contribution in [2.45, 2.75) is 31.8 Å². The highest BCUT2D eigenvalue weighted by molar-refractivity contribution is 9.10. The van der Waals surface area contributed by atoms with Crippen molar-refractivity contribution in [2.75, 3.05) is 5.32 Å². The zero-order valence-corrected chi connectivity index (χ0v) is 12.4. The number of hydrogen-bond acceptors (Lipinski definition) is 3. The van der Waals surface area contributed by atoms with Crippen molar-refractivity contribution in [2.24, 2.45) is 5.92 Å². The number of likely N-dealkylation sites (tertiary alicyclic amines) is 1. The molecule has 0 bridgehead atoms. The monoisotopic (exact) mass is 339 g/mol. The zero-order chi connectivity index (χ0) is 14.4. The Morgan fingerprint density at radius 2 is 2.20 bits per heavy atom. The van der Waals surface area contributed by atoms with Gasteiger partial charge in [-0.1, -0.05) is 6.07 Å². The van der Waals surface area contributed by atoms with E-state index in [1.807, 2.05) is 13.0 Å². The van der Waals surface area contributed by atoms with Gasteiger partial charge in [-0.2, -0.15) is 0 Å². The third kappa shape index (κ3) is 2.26. The smallest absolute Gasteiger partial charge is 0.408 e. The van der Waals surface area contributed by atoms with Crippen LogP contribution in [0.5, 0.6) is 0 Å². The van der Waals surface area contributed by atoms with E-state index in [-0.39, 0.29) is 11.9 Å². The van der Waals surface area contributed by atoms with Gasteiger partial charge < -0.3 is 10.4 Å². The molecule has 0 radical (unpaired) electrons. The van der Waals surface area contributed by atoms with E-state index in [9.17, 15) is 14.7 Å². The Kier molecular flexibility index (Phi) is 3.16. The van der Waals surface area contributed by atoms with E-state index in [1.54, 1.807) is 6.07 Å². The van der Waals surface area contributed by atoms with Crippen molar-refractivity contribution < 1.29 is 14.7 Å². The number of piperidine rings is 1. The molecule has 2 N–H and O–H groups in total. The molecule has 0 unspecified atom stereocenters. The molecule has 3 rings (SSSR count). The second kappa shape index (κ2) is 4.73. The maximum absolute atomic E-state index is 12.3. The first kappa shape index (κ1) is 13.4. The van der Waals surface area contributed by atoms with Crippen molar-refractivity contribution in [3.05, 3.63) is 22.3 Å². The van der Waals surface area contributed by atoms with Crippen LogP contribution in [0.25, 0.3) is 0 Å². The number of carbonyl (C=O) groups excluding carboxylic acids is 1. The molecule has 0 spiro atoms. The van der Waals surface area contributed by atoms with Gasteiger partial charge in [0.15, 0.2) is 0 Å². The van der Waals surface area contributed by atoms with E-state index >= 15 is 0 Å². The van der Waals surface area contributed by atoms with Crippen LogP contribution in [-0.2, 0) is 4.79 Å². The van der Waals surface area contributed by atoms with Gasteiger partial charge in [-0.3, -0.25) is 9.69 Å². The van der Waals surface area contributed by atoms with Crippen LogP contribution in [0, 0.1) is 12.8 Å². The van der Waals surface area contributed by atoms with E-state index in [1.165, 1.54) is 4.90 Å². The predicted molar refractivity (Wildman–Crippen MR) is 75.5 cm³/mol. The van der Waals surface area contributed by atoms with Crippen molar-refractivity contribution >= 4 is 33.7 Å². The minimum Gasteiger partial charge on any atom is -0.465 e. The van der Waals surface area contributed by atoms with Crippen molar-refractivity contribution in [1.82, 2.24) is 9.88 Å². The Balaban J connectivity index is 1.76. The van der Waals surface area contributed by atoms with Gasteiger partial charge in [-0.25, -0.2) is 9.78 Å². The second-order valence-electron chi connectivity index (χ2n) is 5.29. The molecule has 1 aromatic rings. The predicted octanol–water partition coefficient (Wildman–Crippen LogP) is 2.23. The number of anilines is 1. The van der Waals surface area contributed by atoms with Gasteiger partial charge in [0.05, 0.1) is 0 Å². The molecule has 0 aromatic carbocycles. The van der Waals surface area contributed by atoms with E-state index < -0.39 is 12.1 Å². The first-order valence-corrected chi connectivity index (χ1v) is 7.22. The van der Waals surface area contributed by atoms with Crippen molar-refractivity contribution in [3.8, 4) is 0 Å². The number of nitrogens with one attached hydrogen (secondary N) is 1. The Labute approximate surface area is 124 Å². The molecule has 106 valence electrons. The Bertz CT molecular complexity index is 592. The molecule has 1 saturated heterocycles. The molecule has 20 heavy (non-hydrogen) atoms. The normalized spacial score (nSPS) is 27.1. The van der Waals surface area contributed by atoms with Crippen molar-refractivity contribution in [3.63, 3.8) is 0 Å². The van der Waals surface area contributed by atoms with Gasteiger partial charge in [-0.15, -0.1) is 0 Å². The lowest BCUT2D eigenvalue weighted by molar-refractivity contribution is -0.120. The zero-order valence-electron chi connectivity index (χ0n) is 10.8. The number of aryl methyl sites for hydroxylation is 1. The molecule has 2 heterocycles. The van der Waals surface area contributed by atoms with Crippen LogP contribution in [0.15, 0.2) is 16.7 Å². The first-order valence-electron chi connectivity index (χ1n) is 6.42. The number of nitrogens with zero attached hydrogens (tertiary/aromatic N) is 2. The number of pyridine rings is 1. The van der Waals surface area contributed by atoms with Gasteiger partial charge in [0.1, 0.15) is 16.5 Å². The summed E-state index contributed by atoms with van der Waals surface area (Å²) in [5.74, 6) is 0.516. The van der Waals surface area contributed by atoms with Crippen LogP contribution in [0.3, 0.4) is 0 Å². The number of carbonyl (C=O) groups is 2. The molecular weight excluding hydrogens is 326 g/mol. The lowest BCUT2D eigenvalue weighted by Gasteiger charge is -2.23. The largest absolute Gasteiger partial charge is 0.465 e. The molecular formula is C13H14BrN3O3. The van der Waals surface area contributed by atoms with Crippen LogP contribution in [-0.4, -0.2) is 39.1 Å². The third-order valence-electron chi connectivity index (χ3n) is 3.93. The number of aromatic nitrogens is 1. The second-order valence-corrected chi connectivity index (χ2v) is 6.11. The van der Waals surface area contributed by atoms with Crippen LogP contribution < -0.4 is 5.32 Å². The summed E-state index contributed by atoms with van der Waals surface area (Å²) in [6, 6.07) is 3.06. The molecule has 7 heteroatoms. The fraction of sp³-hybridized carbons (Fsp3) is 0.462. The fourth-order valence-corrected chi connectivity index (χ4v) is 3.11. The van der Waals surface area contributed by atoms with Gasteiger partial charge in [-0.05, 0) is 53.2 Å². The number of rotatable bonds is 2. The minimum absolute atomic E-state index is 0.0276. The molecule has 2 fully saturated rings. The summed E-state index contributed by atoms with van der Waals surface area (Å²) in [5.41, 5.74) is 0.839. The topological polar surface area (TPSA) is 82.5 Å². The Hall–Kier alpha value is -1.63. The average molecular weight is 340 g/mol. The van der Waals surface area contributed by atoms with Crippen LogP contribution in [0.1, 0.15) is 18.4 Å². The molecule has 2 amide bonds. The van der Waals surface area contributed by atoms with Gasteiger partial charge in [0.2, 0.25) is 5.91 Å². The standard InChI is InChI=1S/C13H14BrN3O3/c1-6-2-3-10(14)15-11(6)16-12(18)9-5-7-4-8(7)17(9)13(19)20/h2-3,7-9H,4-5H2,1H3,(H,19,20)(H,15,16,18)/t7-,8-,9-/m0/s1. The molecule has 2 aliphatic rings. The van der Waals surface area contributed by atoms with E-state index in [4.69, 9.17) is 0 Å². The number of hydrogen-bond donors (Lipinski definition) is 2. The number of carboxylic acid groups (broad SMARTS) is 1. The summed E-state index contributed by atoms with van der Waals surface area (Å²) >= 11 is 3.25. The lowest BCUT2D eigenvalue weighted by atomic mass is 10.1. The maximum Gasteiger partial charge on any atom is 0.408 e. The highest BCUT2D eigenvalue weighted by Gasteiger charge is 2.56. The fourth-order valence-electron chi connectivity index (χ4n) is 2.80. The Morgan fingerprint density at radius 1 is 1.45 bits per heavy atom. The van der Waals surface area contributed by atoms with Gasteiger partial charge in [0.25, 0.3) is 0 Å². The molecule has 3 atom stereocenters. The SMILES string of the molecule is Cc1ccc(Br)nc1NC(=O)[C@@H]1C[C@@H]2C[C@@H]2N1C(=O)O. The average Bonchev–Trinajstić information content (AvgIpc) is 3.03. The van der Waals surface area contributed by atoms with Gasteiger partial charge >= 0.3 is 6.09 Å². The summed E-state index contributed by atoms with van der Waals surface area (Å²) in [6.45, 7) is 1.84. The quantitative estimate of drug-likeness (QED) is 0.809. The van der Waals surface area contributed by atoms with E-state index in [2.05, 4.69) is 26.2 Å². The van der Waals surface area contributed by atoms with Gasteiger partial charge in [0, 0.05) is 6.04 Å². The maximum atomic E-state index is 12.3. The van der Waals surface area contributed by atoms with E-state index in [0.717, 1.165) is 12.0 Å². The third-order valence-corrected chi connectivity index (χ3v) is 4.37. The molecule has 1 saturated carbocycles. The summed E-state index contributed by atoms with van der Waals surface area (Å²) < 4.78 is 0.628. The molecule has 1 aliphatic carbocycles. The number of fused-ring (bicyclic) bond motifs is 1. The van der Waals surface area contributed by atoms with Crippen LogP contribution in [0.4, 0.5) is 10.6 Å². The molecule has 6 nitrogen and oxygen atoms in total. The highest BCUT2D eigenvalue weighted by atomic mass is 79.9. The molecule has 1 aliphatic heterocycles. The van der Waals surface area contributed by atoms with Crippen LogP contribution >= 0.6 is 15.9 Å². The lowest BCUT2D eigenvalue weighted by Crippen LogP contribution is -2.45. The number of amides is 2. The summed E-state index contributed by atoms with van der Waals surface area (Å²) in [7, 11) is 0. The van der Waals surface area contributed by atoms with Crippen LogP contribution in [0.2, 0.25) is 0 Å². The summed E-state index contributed by atoms with van der Waals surface area (Å²) in [5, 5.41) is 12.0. The van der Waals surface area contributed by atoms with E-state index in [0.29, 0.717) is 22.8 Å². The molecule has 1 aromatic heterocycles. The number of halogens is 1. The Morgan fingerprint density at radius 3 is 2.90 bits per heavy atom. The first-order chi connectivity index (χ1) is 9.47. The highest BCUT2D eigenvalue weighted by Crippen LogP contribution is 2.47. The minimum atomic E-state index is -1.02. The summed E-state index contributed by atoms with van der Waals surface area (Å²) in [4.78, 5) is 29.0. The summed E-state index contributed by atoms with van der Waals surface area (Å²) in [6.07, 6.45) is 0.467.